The molecule has 0 aromatic rings. The standard InChI is InChI=1S/C7H11N4O2/c8-11-4-2-9-7(11)1-3-10(11)13-6-5-12/h1-4,12H,5-6,8H2/q+1. The van der Waals surface area contributed by atoms with Crippen molar-refractivity contribution >= 4 is 5.84 Å². The van der Waals surface area contributed by atoms with Crippen LogP contribution in [0.3, 0.4) is 0 Å². The molecule has 0 radical (unpaired) electrons. The van der Waals surface area contributed by atoms with Gasteiger partial charge in [-0.3, -0.25) is 0 Å². The van der Waals surface area contributed by atoms with Gasteiger partial charge in [0.15, 0.2) is 6.20 Å². The normalized spacial score (nSPS) is 29.7. The summed E-state index contributed by atoms with van der Waals surface area (Å²) >= 11 is 0. The lowest BCUT2D eigenvalue weighted by Gasteiger charge is -2.27. The lowest BCUT2D eigenvalue weighted by Crippen LogP contribution is -2.58. The quantitative estimate of drug-likeness (QED) is 0.445. The van der Waals surface area contributed by atoms with Crippen molar-refractivity contribution in [1.82, 2.24) is 5.17 Å². The van der Waals surface area contributed by atoms with Gasteiger partial charge in [-0.05, 0) is 4.70 Å². The van der Waals surface area contributed by atoms with Crippen molar-refractivity contribution < 1.29 is 14.6 Å². The average molecular weight is 183 g/mol. The molecular formula is C7H11N4O2+. The van der Waals surface area contributed by atoms with Crippen molar-refractivity contribution in [2.24, 2.45) is 10.8 Å². The highest BCUT2D eigenvalue weighted by molar-refractivity contribution is 5.89. The molecule has 0 aliphatic carbocycles. The summed E-state index contributed by atoms with van der Waals surface area (Å²) in [5, 5.41) is 10.0. The molecule has 0 saturated heterocycles. The van der Waals surface area contributed by atoms with Gasteiger partial charge in [-0.25, -0.2) is 4.84 Å². The first-order valence-electron chi connectivity index (χ1n) is 3.92. The summed E-state index contributed by atoms with van der Waals surface area (Å²) in [6.07, 6.45) is 6.75. The van der Waals surface area contributed by atoms with Crippen LogP contribution in [-0.4, -0.2) is 34.0 Å². The summed E-state index contributed by atoms with van der Waals surface area (Å²) in [5.74, 6) is 6.62. The maximum absolute atomic E-state index is 8.58. The molecule has 0 fully saturated rings. The van der Waals surface area contributed by atoms with E-state index in [9.17, 15) is 0 Å². The number of hydrogen-bond donors (Lipinski definition) is 2. The van der Waals surface area contributed by atoms with Gasteiger partial charge in [-0.2, -0.15) is 4.99 Å². The molecule has 0 aromatic heterocycles. The van der Waals surface area contributed by atoms with Gasteiger partial charge >= 0.3 is 0 Å². The van der Waals surface area contributed by atoms with E-state index in [0.29, 0.717) is 5.84 Å². The molecule has 0 aromatic carbocycles. The number of rotatable bonds is 3. The van der Waals surface area contributed by atoms with Gasteiger partial charge in [0.25, 0.3) is 5.84 Å². The van der Waals surface area contributed by atoms with Gasteiger partial charge in [0, 0.05) is 6.08 Å². The van der Waals surface area contributed by atoms with Gasteiger partial charge < -0.3 is 5.11 Å². The summed E-state index contributed by atoms with van der Waals surface area (Å²) in [5.41, 5.74) is 0. The van der Waals surface area contributed by atoms with E-state index in [2.05, 4.69) is 4.99 Å². The van der Waals surface area contributed by atoms with E-state index in [1.807, 2.05) is 0 Å². The van der Waals surface area contributed by atoms with Gasteiger partial charge in [0.2, 0.25) is 0 Å². The zero-order valence-electron chi connectivity index (χ0n) is 7.00. The fourth-order valence-corrected chi connectivity index (χ4v) is 1.22. The molecule has 2 aliphatic heterocycles. The number of aliphatic imine (C=N–C) groups is 1. The first kappa shape index (κ1) is 8.39. The molecular weight excluding hydrogens is 172 g/mol. The van der Waals surface area contributed by atoms with E-state index >= 15 is 0 Å². The molecule has 70 valence electrons. The van der Waals surface area contributed by atoms with Crippen molar-refractivity contribution in [1.29, 1.82) is 0 Å². The molecule has 2 aliphatic rings. The lowest BCUT2D eigenvalue weighted by molar-refractivity contribution is -0.953. The Kier molecular flexibility index (Phi) is 1.89. The van der Waals surface area contributed by atoms with Crippen LogP contribution in [0.15, 0.2) is 29.7 Å². The van der Waals surface area contributed by atoms with Crippen LogP contribution in [0, 0.1) is 0 Å². The minimum atomic E-state index is -0.0972. The summed E-state index contributed by atoms with van der Waals surface area (Å²) in [7, 11) is 0. The van der Waals surface area contributed by atoms with Gasteiger partial charge in [-0.1, -0.05) is 5.17 Å². The second-order valence-electron chi connectivity index (χ2n) is 2.70. The monoisotopic (exact) mass is 183 g/mol. The van der Waals surface area contributed by atoms with E-state index in [-0.39, 0.29) is 17.9 Å². The van der Waals surface area contributed by atoms with E-state index < -0.39 is 0 Å². The number of fused-ring (bicyclic) bond motifs is 1. The zero-order valence-corrected chi connectivity index (χ0v) is 7.00. The fourth-order valence-electron chi connectivity index (χ4n) is 1.22. The van der Waals surface area contributed by atoms with Crippen molar-refractivity contribution in [3.8, 4) is 0 Å². The van der Waals surface area contributed by atoms with Crippen molar-refractivity contribution in [2.45, 2.75) is 0 Å². The number of aliphatic hydroxyl groups excluding tert-OH is 1. The molecule has 1 atom stereocenters. The van der Waals surface area contributed by atoms with Gasteiger partial charge in [0.1, 0.15) is 6.61 Å². The molecule has 2 rings (SSSR count). The summed E-state index contributed by atoms with van der Waals surface area (Å²) in [4.78, 5) is 9.22. The fraction of sp³-hybridized carbons (Fsp3) is 0.286. The van der Waals surface area contributed by atoms with Crippen LogP contribution in [0.4, 0.5) is 0 Å². The summed E-state index contributed by atoms with van der Waals surface area (Å²) in [6, 6.07) is 0. The third-order valence-corrected chi connectivity index (χ3v) is 1.86. The molecule has 1 unspecified atom stereocenters. The van der Waals surface area contributed by atoms with E-state index in [1.54, 1.807) is 24.7 Å². The Morgan fingerprint density at radius 2 is 2.54 bits per heavy atom. The summed E-state index contributed by atoms with van der Waals surface area (Å²) in [6.45, 7) is 0.170. The number of hydroxylamine groups is 1. The van der Waals surface area contributed by atoms with Crippen molar-refractivity contribution in [3.63, 3.8) is 0 Å². The molecule has 6 nitrogen and oxygen atoms in total. The second kappa shape index (κ2) is 2.93. The highest BCUT2D eigenvalue weighted by Gasteiger charge is 2.42. The second-order valence-corrected chi connectivity index (χ2v) is 2.70. The van der Waals surface area contributed by atoms with Crippen LogP contribution in [0.1, 0.15) is 0 Å². The third kappa shape index (κ3) is 1.16. The van der Waals surface area contributed by atoms with Crippen LogP contribution in [0.2, 0.25) is 0 Å². The maximum atomic E-state index is 8.58. The number of hydrogen-bond acceptors (Lipinski definition) is 5. The number of amidine groups is 1. The number of nitrogens with zero attached hydrogens (tertiary/aromatic N) is 3. The predicted molar refractivity (Wildman–Crippen MR) is 45.0 cm³/mol. The molecule has 13 heavy (non-hydrogen) atoms. The highest BCUT2D eigenvalue weighted by atomic mass is 16.7. The molecule has 6 heteroatoms. The Labute approximate surface area is 75.3 Å². The highest BCUT2D eigenvalue weighted by Crippen LogP contribution is 2.22. The Balaban J connectivity index is 2.10. The van der Waals surface area contributed by atoms with Gasteiger partial charge in [0.05, 0.1) is 19.0 Å². The zero-order chi connectivity index (χ0) is 9.31. The van der Waals surface area contributed by atoms with E-state index in [4.69, 9.17) is 15.8 Å². The van der Waals surface area contributed by atoms with Crippen molar-refractivity contribution in [2.75, 3.05) is 13.2 Å². The minimum absolute atomic E-state index is 0.0411. The number of nitrogens with two attached hydrogens (primary N) is 1. The van der Waals surface area contributed by atoms with Crippen LogP contribution in [0.25, 0.3) is 0 Å². The Morgan fingerprint density at radius 3 is 3.31 bits per heavy atom. The topological polar surface area (TPSA) is 71.1 Å². The minimum Gasteiger partial charge on any atom is -0.394 e. The molecule has 2 heterocycles. The largest absolute Gasteiger partial charge is 0.394 e. The van der Waals surface area contributed by atoms with Crippen LogP contribution in [-0.2, 0) is 4.84 Å². The van der Waals surface area contributed by atoms with Crippen LogP contribution >= 0.6 is 0 Å². The summed E-state index contributed by atoms with van der Waals surface area (Å²) < 4.78 is -0.0972. The van der Waals surface area contributed by atoms with Crippen molar-refractivity contribution in [3.05, 3.63) is 24.7 Å². The third-order valence-electron chi connectivity index (χ3n) is 1.86. The Bertz CT molecular complexity index is 299. The maximum Gasteiger partial charge on any atom is 0.281 e. The molecule has 0 saturated carbocycles. The number of aliphatic hydroxyl groups is 1. The van der Waals surface area contributed by atoms with Crippen LogP contribution < -0.4 is 5.84 Å². The first-order valence-corrected chi connectivity index (χ1v) is 3.92. The number of quaternary nitrogens is 1. The molecule has 0 bridgehead atoms. The lowest BCUT2D eigenvalue weighted by atomic mass is 10.6. The van der Waals surface area contributed by atoms with E-state index in [0.717, 1.165) is 0 Å². The SMILES string of the molecule is N[N+]12C=CN=C1C=CN2OCCO. The predicted octanol–water partition coefficient (Wildman–Crippen LogP) is -0.772. The van der Waals surface area contributed by atoms with Gasteiger partial charge in [-0.15, -0.1) is 5.84 Å². The average Bonchev–Trinajstić information content (AvgIpc) is 2.59. The first-order chi connectivity index (χ1) is 6.27. The Hall–Kier alpha value is -1.21. The molecule has 0 spiro atoms. The molecule has 3 N–H and O–H groups in total. The smallest absolute Gasteiger partial charge is 0.281 e. The Morgan fingerprint density at radius 1 is 1.69 bits per heavy atom. The van der Waals surface area contributed by atoms with Crippen LogP contribution in [0.5, 0.6) is 0 Å². The van der Waals surface area contributed by atoms with E-state index in [1.165, 1.54) is 5.17 Å². The molecule has 0 amide bonds.